The van der Waals surface area contributed by atoms with Crippen molar-refractivity contribution in [1.29, 1.82) is 0 Å². The number of dihydropyridines is 1. The van der Waals surface area contributed by atoms with Gasteiger partial charge in [-0.3, -0.25) is 9.13 Å². The molecule has 0 aromatic rings. The van der Waals surface area contributed by atoms with Crippen molar-refractivity contribution in [3.8, 4) is 0 Å². The van der Waals surface area contributed by atoms with Crippen molar-refractivity contribution in [1.82, 2.24) is 5.32 Å². The van der Waals surface area contributed by atoms with E-state index >= 15 is 0 Å². The topological polar surface area (TPSA) is 127 Å². The molecule has 1 aliphatic heterocycles. The molecule has 0 bridgehead atoms. The third-order valence-corrected chi connectivity index (χ3v) is 7.30. The fourth-order valence-corrected chi connectivity index (χ4v) is 5.18. The molecule has 0 aromatic heterocycles. The lowest BCUT2D eigenvalue weighted by molar-refractivity contribution is 0.331. The highest BCUT2D eigenvalue weighted by molar-refractivity contribution is 7.84. The third-order valence-electron chi connectivity index (χ3n) is 2.89. The highest BCUT2D eigenvalue weighted by atomic mass is 32.1. The summed E-state index contributed by atoms with van der Waals surface area (Å²) in [5.41, 5.74) is 0.354. The van der Waals surface area contributed by atoms with E-state index in [2.05, 4.69) is 17.9 Å². The molecule has 0 spiro atoms. The Morgan fingerprint density at radius 2 is 1.78 bits per heavy atom. The van der Waals surface area contributed by atoms with Gasteiger partial charge in [-0.2, -0.15) is 0 Å². The smallest absolute Gasteiger partial charge is 0.352 e. The Labute approximate surface area is 108 Å². The van der Waals surface area contributed by atoms with Gasteiger partial charge in [-0.05, 0) is 23.3 Å². The van der Waals surface area contributed by atoms with E-state index in [1.165, 1.54) is 12.2 Å². The molecule has 0 amide bonds. The van der Waals surface area contributed by atoms with Crippen molar-refractivity contribution in [2.45, 2.75) is 4.90 Å². The molecule has 5 N–H and O–H groups in total. The Morgan fingerprint density at radius 3 is 2.28 bits per heavy atom. The van der Waals surface area contributed by atoms with E-state index in [4.69, 9.17) is 0 Å². The normalized spacial score (nSPS) is 22.6. The molecule has 0 aromatic carbocycles. The summed E-state index contributed by atoms with van der Waals surface area (Å²) in [6.45, 7) is 0.211. The fraction of sp³-hybridized carbons (Fsp3) is 0.250. The Kier molecular flexibility index (Phi) is 3.19. The zero-order valence-corrected chi connectivity index (χ0v) is 11.6. The predicted molar refractivity (Wildman–Crippen MR) is 68.1 cm³/mol. The van der Waals surface area contributed by atoms with E-state index in [0.29, 0.717) is 10.6 Å². The molecule has 1 heterocycles. The molecule has 0 fully saturated rings. The number of nitrogens with one attached hydrogen (secondary N) is 1. The number of hydrogen-bond acceptors (Lipinski definition) is 4. The molecule has 2 aliphatic rings. The van der Waals surface area contributed by atoms with Crippen LogP contribution in [0.25, 0.3) is 0 Å². The van der Waals surface area contributed by atoms with Crippen LogP contribution >= 0.6 is 27.8 Å². The van der Waals surface area contributed by atoms with E-state index < -0.39 is 20.1 Å². The molecule has 0 radical (unpaired) electrons. The van der Waals surface area contributed by atoms with Crippen LogP contribution in [0, 0.1) is 0 Å². The second-order valence-corrected chi connectivity index (χ2v) is 8.39. The lowest BCUT2D eigenvalue weighted by Crippen LogP contribution is -2.30. The molecule has 1 aliphatic carbocycles. The van der Waals surface area contributed by atoms with E-state index in [9.17, 15) is 28.7 Å². The van der Waals surface area contributed by atoms with Crippen molar-refractivity contribution in [3.63, 3.8) is 0 Å². The summed E-state index contributed by atoms with van der Waals surface area (Å²) < 4.78 is 23.2. The summed E-state index contributed by atoms with van der Waals surface area (Å²) in [6, 6.07) is 0. The van der Waals surface area contributed by atoms with Crippen LogP contribution < -0.4 is 5.32 Å². The molecular weight excluding hydrogens is 300 g/mol. The SMILES string of the molecule is O=P(O)(O)C1(P(=O)(O)O)C=CC2=C1C=C(S)NC2. The number of allylic oxidation sites excluding steroid dienone is 3. The van der Waals surface area contributed by atoms with Gasteiger partial charge in [0.05, 0.1) is 5.03 Å². The van der Waals surface area contributed by atoms with Crippen molar-refractivity contribution in [2.24, 2.45) is 0 Å². The molecule has 18 heavy (non-hydrogen) atoms. The van der Waals surface area contributed by atoms with Crippen LogP contribution in [-0.2, 0) is 9.13 Å². The summed E-state index contributed by atoms with van der Waals surface area (Å²) in [6.07, 6.45) is 3.45. The first-order valence-corrected chi connectivity index (χ1v) is 8.45. The maximum atomic E-state index is 11.6. The Bertz CT molecular complexity index is 560. The predicted octanol–water partition coefficient (Wildman–Crippen LogP) is 0.279. The van der Waals surface area contributed by atoms with Crippen molar-refractivity contribution >= 4 is 27.8 Å². The Morgan fingerprint density at radius 1 is 1.22 bits per heavy atom. The van der Waals surface area contributed by atoms with Crippen LogP contribution in [-0.4, -0.2) is 31.0 Å². The minimum Gasteiger partial charge on any atom is -0.376 e. The van der Waals surface area contributed by atoms with Gasteiger partial charge in [0.15, 0.2) is 0 Å². The second-order valence-electron chi connectivity index (χ2n) is 3.97. The van der Waals surface area contributed by atoms with Gasteiger partial charge in [-0.15, -0.1) is 12.6 Å². The van der Waals surface area contributed by atoms with Crippen LogP contribution in [0.1, 0.15) is 0 Å². The first-order chi connectivity index (χ1) is 8.09. The van der Waals surface area contributed by atoms with Gasteiger partial charge >= 0.3 is 15.2 Å². The van der Waals surface area contributed by atoms with Gasteiger partial charge in [0.1, 0.15) is 0 Å². The Balaban J connectivity index is 2.74. The van der Waals surface area contributed by atoms with Crippen LogP contribution in [0.4, 0.5) is 0 Å². The van der Waals surface area contributed by atoms with Crippen LogP contribution in [0.15, 0.2) is 34.4 Å². The largest absolute Gasteiger partial charge is 0.376 e. The summed E-state index contributed by atoms with van der Waals surface area (Å²) in [5.74, 6) is 0. The fourth-order valence-electron chi connectivity index (χ4n) is 2.04. The third kappa shape index (κ3) is 1.85. The maximum absolute atomic E-state index is 11.6. The average molecular weight is 311 g/mol. The number of hydrogen-bond donors (Lipinski definition) is 6. The average Bonchev–Trinajstić information content (AvgIpc) is 2.54. The molecule has 0 atom stereocenters. The highest BCUT2D eigenvalue weighted by Gasteiger charge is 2.62. The zero-order chi connectivity index (χ0) is 13.8. The number of thiol groups is 1. The van der Waals surface area contributed by atoms with Gasteiger partial charge in [0.2, 0.25) is 4.90 Å². The molecule has 10 heteroatoms. The zero-order valence-electron chi connectivity index (χ0n) is 8.89. The molecule has 100 valence electrons. The standard InChI is InChI=1S/C8H11NO6P2S/c10-16(11,12)8(17(13,14)15)2-1-5-4-9-7(18)3-6(5)8/h1-3,9,18H,4H2,(H2,10,11,12)(H2,13,14,15). The van der Waals surface area contributed by atoms with Gasteiger partial charge in [-0.25, -0.2) is 0 Å². The lowest BCUT2D eigenvalue weighted by atomic mass is 10.1. The lowest BCUT2D eigenvalue weighted by Gasteiger charge is -2.32. The molecule has 0 saturated carbocycles. The highest BCUT2D eigenvalue weighted by Crippen LogP contribution is 2.74. The molecule has 2 rings (SSSR count). The quantitative estimate of drug-likeness (QED) is 0.319. The van der Waals surface area contributed by atoms with E-state index in [1.54, 1.807) is 0 Å². The Hall–Kier alpha value is -0.330. The van der Waals surface area contributed by atoms with Crippen LogP contribution in [0.5, 0.6) is 0 Å². The molecule has 0 unspecified atom stereocenters. The van der Waals surface area contributed by atoms with Crippen LogP contribution in [0.2, 0.25) is 0 Å². The minimum absolute atomic E-state index is 0.0760. The first-order valence-electron chi connectivity index (χ1n) is 4.78. The maximum Gasteiger partial charge on any atom is 0.352 e. The molecule has 7 nitrogen and oxygen atoms in total. The van der Waals surface area contributed by atoms with Crippen molar-refractivity contribution < 1.29 is 28.7 Å². The number of rotatable bonds is 2. The van der Waals surface area contributed by atoms with Gasteiger partial charge in [0, 0.05) is 6.54 Å². The second kappa shape index (κ2) is 4.08. The molecular formula is C8H11NO6P2S. The summed E-state index contributed by atoms with van der Waals surface area (Å²) in [4.78, 5) is 35.0. The van der Waals surface area contributed by atoms with Gasteiger partial charge in [0.25, 0.3) is 0 Å². The van der Waals surface area contributed by atoms with E-state index in [-0.39, 0.29) is 12.1 Å². The van der Waals surface area contributed by atoms with E-state index in [0.717, 1.165) is 6.08 Å². The monoisotopic (exact) mass is 311 g/mol. The van der Waals surface area contributed by atoms with Crippen molar-refractivity contribution in [3.05, 3.63) is 34.4 Å². The first kappa shape index (κ1) is 14.1. The van der Waals surface area contributed by atoms with Gasteiger partial charge in [-0.1, -0.05) is 6.08 Å². The van der Waals surface area contributed by atoms with Crippen molar-refractivity contribution in [2.75, 3.05) is 6.54 Å². The summed E-state index contributed by atoms with van der Waals surface area (Å²) in [5, 5.41) is 3.10. The summed E-state index contributed by atoms with van der Waals surface area (Å²) in [7, 11) is -10.2. The molecule has 0 saturated heterocycles. The van der Waals surface area contributed by atoms with Gasteiger partial charge < -0.3 is 24.9 Å². The minimum atomic E-state index is -5.10. The summed E-state index contributed by atoms with van der Waals surface area (Å²) >= 11 is 3.99. The van der Waals surface area contributed by atoms with Crippen LogP contribution in [0.3, 0.4) is 0 Å². The van der Waals surface area contributed by atoms with E-state index in [1.807, 2.05) is 0 Å².